The van der Waals surface area contributed by atoms with E-state index in [1.165, 1.54) is 6.42 Å². The third-order valence-electron chi connectivity index (χ3n) is 7.33. The molecular weight excluding hydrogens is 378 g/mol. The lowest BCUT2D eigenvalue weighted by Crippen LogP contribution is -2.45. The average molecular weight is 416 g/mol. The molecule has 3 heterocycles. The Labute approximate surface area is 180 Å². The van der Waals surface area contributed by atoms with E-state index in [9.17, 15) is 4.79 Å². The molecule has 2 aliphatic heterocycles. The minimum Gasteiger partial charge on any atom is -0.378 e. The second kappa shape index (κ2) is 9.60. The Morgan fingerprint density at radius 2 is 2.00 bits per heavy atom. The summed E-state index contributed by atoms with van der Waals surface area (Å²) in [5, 5.41) is 3.19. The van der Waals surface area contributed by atoms with Crippen molar-refractivity contribution in [3.05, 3.63) is 18.5 Å². The molecule has 1 aliphatic carbocycles. The van der Waals surface area contributed by atoms with Gasteiger partial charge in [-0.3, -0.25) is 4.79 Å². The topological polar surface area (TPSA) is 70.6 Å². The summed E-state index contributed by atoms with van der Waals surface area (Å²) in [5.74, 6) is 0.977. The number of nitrogens with zero attached hydrogens (tertiary/aromatic N) is 4. The average Bonchev–Trinajstić information content (AvgIpc) is 3.16. The molecule has 30 heavy (non-hydrogen) atoms. The number of anilines is 1. The molecule has 0 radical (unpaired) electrons. The Morgan fingerprint density at radius 3 is 2.63 bits per heavy atom. The van der Waals surface area contributed by atoms with Crippen LogP contribution in [0.1, 0.15) is 52.4 Å². The van der Waals surface area contributed by atoms with Gasteiger partial charge in [-0.25, -0.2) is 9.97 Å². The molecule has 7 heteroatoms. The highest BCUT2D eigenvalue weighted by Crippen LogP contribution is 2.52. The minimum absolute atomic E-state index is 0.0383. The summed E-state index contributed by atoms with van der Waals surface area (Å²) in [7, 11) is 0. The zero-order chi connectivity index (χ0) is 21.0. The van der Waals surface area contributed by atoms with Crippen LogP contribution in [0.25, 0.3) is 0 Å². The van der Waals surface area contributed by atoms with Crippen LogP contribution in [0.2, 0.25) is 0 Å². The van der Waals surface area contributed by atoms with Gasteiger partial charge in [0, 0.05) is 63.2 Å². The van der Waals surface area contributed by atoms with Crippen molar-refractivity contribution in [3.63, 3.8) is 0 Å². The van der Waals surface area contributed by atoms with E-state index in [0.717, 1.165) is 70.8 Å². The number of carbonyl (C=O) groups excluding carboxylic acids is 1. The highest BCUT2D eigenvalue weighted by atomic mass is 16.5. The smallest absolute Gasteiger partial charge is 0.225 e. The second-order valence-corrected chi connectivity index (χ2v) is 9.54. The van der Waals surface area contributed by atoms with E-state index < -0.39 is 0 Å². The zero-order valence-electron chi connectivity index (χ0n) is 18.6. The Balaban J connectivity index is 1.18. The van der Waals surface area contributed by atoms with E-state index in [1.807, 2.05) is 6.07 Å². The van der Waals surface area contributed by atoms with Gasteiger partial charge in [0.25, 0.3) is 0 Å². The van der Waals surface area contributed by atoms with Crippen molar-refractivity contribution >= 4 is 11.9 Å². The normalized spacial score (nSPS) is 24.4. The van der Waals surface area contributed by atoms with E-state index in [4.69, 9.17) is 4.74 Å². The van der Waals surface area contributed by atoms with Gasteiger partial charge in [0.1, 0.15) is 0 Å². The van der Waals surface area contributed by atoms with Crippen LogP contribution in [-0.2, 0) is 9.53 Å². The summed E-state index contributed by atoms with van der Waals surface area (Å²) < 4.78 is 6.06. The summed E-state index contributed by atoms with van der Waals surface area (Å²) in [6, 6.07) is 2.46. The third-order valence-corrected chi connectivity index (χ3v) is 7.33. The van der Waals surface area contributed by atoms with Crippen molar-refractivity contribution in [1.82, 2.24) is 20.2 Å². The van der Waals surface area contributed by atoms with Gasteiger partial charge in [-0.1, -0.05) is 6.42 Å². The minimum atomic E-state index is 0.0383. The molecule has 2 saturated heterocycles. The molecule has 3 aliphatic rings. The first-order valence-electron chi connectivity index (χ1n) is 11.7. The number of amides is 1. The number of nitrogens with one attached hydrogen (secondary N) is 1. The molecule has 1 N–H and O–H groups in total. The first-order valence-corrected chi connectivity index (χ1v) is 11.7. The summed E-state index contributed by atoms with van der Waals surface area (Å²) in [6.45, 7) is 9.82. The van der Waals surface area contributed by atoms with Crippen LogP contribution in [0.3, 0.4) is 0 Å². The molecular formula is C23H37N5O2. The molecule has 4 rings (SSSR count). The number of hydrogen-bond acceptors (Lipinski definition) is 6. The first-order chi connectivity index (χ1) is 14.6. The van der Waals surface area contributed by atoms with Crippen LogP contribution in [0.4, 0.5) is 5.95 Å². The molecule has 1 unspecified atom stereocenters. The number of carbonyl (C=O) groups is 1. The van der Waals surface area contributed by atoms with E-state index in [1.54, 1.807) is 12.4 Å². The van der Waals surface area contributed by atoms with Crippen LogP contribution >= 0.6 is 0 Å². The molecule has 1 amide bonds. The van der Waals surface area contributed by atoms with Crippen molar-refractivity contribution in [3.8, 4) is 0 Å². The predicted molar refractivity (Wildman–Crippen MR) is 117 cm³/mol. The lowest BCUT2D eigenvalue weighted by Gasteiger charge is -2.41. The van der Waals surface area contributed by atoms with Crippen LogP contribution in [0, 0.1) is 11.3 Å². The number of ether oxygens (including phenoxy) is 1. The van der Waals surface area contributed by atoms with Crippen LogP contribution in [0.15, 0.2) is 18.5 Å². The zero-order valence-corrected chi connectivity index (χ0v) is 18.6. The monoisotopic (exact) mass is 415 g/mol. The first kappa shape index (κ1) is 21.5. The lowest BCUT2D eigenvalue weighted by molar-refractivity contribution is -0.129. The molecule has 1 spiro atoms. The molecule has 1 aromatic rings. The van der Waals surface area contributed by atoms with E-state index >= 15 is 0 Å². The maximum Gasteiger partial charge on any atom is 0.225 e. The maximum atomic E-state index is 13.0. The Morgan fingerprint density at radius 1 is 1.27 bits per heavy atom. The van der Waals surface area contributed by atoms with Crippen molar-refractivity contribution in [2.75, 3.05) is 44.2 Å². The number of aromatic nitrogens is 2. The molecule has 0 aromatic carbocycles. The molecule has 1 saturated carbocycles. The van der Waals surface area contributed by atoms with E-state index in [0.29, 0.717) is 18.7 Å². The van der Waals surface area contributed by atoms with Crippen LogP contribution in [0.5, 0.6) is 0 Å². The van der Waals surface area contributed by atoms with Crippen LogP contribution in [-0.4, -0.2) is 72.3 Å². The summed E-state index contributed by atoms with van der Waals surface area (Å²) in [5.41, 5.74) is 0.115. The van der Waals surface area contributed by atoms with E-state index in [-0.39, 0.29) is 17.2 Å². The van der Waals surface area contributed by atoms with Gasteiger partial charge >= 0.3 is 0 Å². The lowest BCUT2D eigenvalue weighted by atomic mass is 9.62. The van der Waals surface area contributed by atoms with Crippen molar-refractivity contribution < 1.29 is 9.53 Å². The van der Waals surface area contributed by atoms with Crippen molar-refractivity contribution in [1.29, 1.82) is 0 Å². The molecule has 7 nitrogen and oxygen atoms in total. The van der Waals surface area contributed by atoms with Gasteiger partial charge in [0.05, 0.1) is 12.0 Å². The maximum absolute atomic E-state index is 13.0. The van der Waals surface area contributed by atoms with Gasteiger partial charge in [-0.15, -0.1) is 0 Å². The van der Waals surface area contributed by atoms with E-state index in [2.05, 4.69) is 38.9 Å². The Bertz CT molecular complexity index is 686. The Kier molecular flexibility index (Phi) is 6.88. The fourth-order valence-electron chi connectivity index (χ4n) is 5.29. The Hall–Kier alpha value is -1.73. The fourth-order valence-corrected chi connectivity index (χ4v) is 5.29. The molecule has 1 atom stereocenters. The largest absolute Gasteiger partial charge is 0.378 e. The summed E-state index contributed by atoms with van der Waals surface area (Å²) in [6.07, 6.45) is 10.5. The number of rotatable bonds is 8. The number of piperidine rings is 1. The van der Waals surface area contributed by atoms with Crippen LogP contribution < -0.4 is 10.2 Å². The number of hydrogen-bond donors (Lipinski definition) is 1. The molecule has 0 bridgehead atoms. The van der Waals surface area contributed by atoms with Crippen molar-refractivity contribution in [2.45, 2.75) is 64.5 Å². The predicted octanol–water partition coefficient (Wildman–Crippen LogP) is 2.48. The van der Waals surface area contributed by atoms with Gasteiger partial charge < -0.3 is 19.9 Å². The summed E-state index contributed by atoms with van der Waals surface area (Å²) >= 11 is 0. The molecule has 1 aromatic heterocycles. The van der Waals surface area contributed by atoms with Gasteiger partial charge in [0.15, 0.2) is 0 Å². The fraction of sp³-hybridized carbons (Fsp3) is 0.783. The van der Waals surface area contributed by atoms with Crippen molar-refractivity contribution in [2.24, 2.45) is 11.3 Å². The second-order valence-electron chi connectivity index (χ2n) is 9.54. The van der Waals surface area contributed by atoms with Gasteiger partial charge in [-0.2, -0.15) is 0 Å². The quantitative estimate of drug-likeness (QED) is 0.658. The third kappa shape index (κ3) is 4.78. The van der Waals surface area contributed by atoms with Gasteiger partial charge in [-0.05, 0) is 52.0 Å². The highest BCUT2D eigenvalue weighted by Gasteiger charge is 2.53. The summed E-state index contributed by atoms with van der Waals surface area (Å²) in [4.78, 5) is 26.5. The number of likely N-dealkylation sites (tertiary alicyclic amines) is 1. The SMILES string of the molecule is CC(C)N1CCC(OCCCNC(=O)C2CN(c3ncccn3)CC23CCC3)CC1. The molecule has 3 fully saturated rings. The molecule has 166 valence electrons. The highest BCUT2D eigenvalue weighted by molar-refractivity contribution is 5.81. The van der Waals surface area contributed by atoms with Gasteiger partial charge in [0.2, 0.25) is 11.9 Å². The standard InChI is InChI=1S/C23H37N5O2/c1-18(2)27-13-6-19(7-14-27)30-15-5-12-24-21(29)20-16-28(17-23(20)8-3-9-23)22-25-10-4-11-26-22/h4,10-11,18-20H,3,5-9,12-17H2,1-2H3,(H,24,29).